The Labute approximate surface area is 362 Å². The van der Waals surface area contributed by atoms with E-state index in [1.807, 2.05) is 20.8 Å². The van der Waals surface area contributed by atoms with E-state index in [1.165, 1.54) is 0 Å². The Morgan fingerprint density at radius 1 is 0.617 bits per heavy atom. The van der Waals surface area contributed by atoms with Crippen molar-refractivity contribution in [3.63, 3.8) is 0 Å². The predicted molar refractivity (Wildman–Crippen MR) is 229 cm³/mol. The van der Waals surface area contributed by atoms with E-state index in [0.29, 0.717) is 25.7 Å². The summed E-state index contributed by atoms with van der Waals surface area (Å²) in [6.45, 7) is 21.9. The second kappa shape index (κ2) is 27.1. The minimum atomic E-state index is -2.25. The van der Waals surface area contributed by atoms with Gasteiger partial charge in [-0.3, -0.25) is 19.2 Å². The molecule has 2 saturated heterocycles. The van der Waals surface area contributed by atoms with Crippen LogP contribution < -0.4 is 0 Å². The molecule has 0 radical (unpaired) electrons. The van der Waals surface area contributed by atoms with Gasteiger partial charge in [0, 0.05) is 25.7 Å². The molecular weight excluding hydrogens is 793 g/mol. The number of carbonyl (C=O) groups excluding carboxylic acids is 4. The summed E-state index contributed by atoms with van der Waals surface area (Å²) in [4.78, 5) is 53.5. The molecule has 15 heteroatoms. The molecule has 2 fully saturated rings. The molecule has 1 N–H and O–H groups in total. The Morgan fingerprint density at radius 2 is 1.07 bits per heavy atom. The lowest BCUT2D eigenvalue weighted by Gasteiger charge is -2.45. The first-order chi connectivity index (χ1) is 28.3. The van der Waals surface area contributed by atoms with Crippen LogP contribution in [0.15, 0.2) is 0 Å². The van der Waals surface area contributed by atoms with Gasteiger partial charge < -0.3 is 47.4 Å². The molecule has 1 unspecified atom stereocenters. The van der Waals surface area contributed by atoms with Crippen LogP contribution in [-0.4, -0.2) is 106 Å². The summed E-state index contributed by atoms with van der Waals surface area (Å²) in [5.74, 6) is -3.38. The Morgan fingerprint density at radius 3 is 1.58 bits per heavy atom. The van der Waals surface area contributed by atoms with Gasteiger partial charge in [-0.1, -0.05) is 113 Å². The van der Waals surface area contributed by atoms with Crippen LogP contribution in [0.4, 0.5) is 0 Å². The quantitative estimate of drug-likeness (QED) is 0.0248. The largest absolute Gasteiger partial charge is 0.463 e. The molecular formula is C45H82O14Si. The Hall–Kier alpha value is -2.14. The molecule has 0 amide bonds. The molecule has 8 atom stereocenters. The summed E-state index contributed by atoms with van der Waals surface area (Å²) in [5, 5.41) is 11.8. The van der Waals surface area contributed by atoms with Gasteiger partial charge in [0.2, 0.25) is 6.29 Å². The second-order valence-corrected chi connectivity index (χ2v) is 23.2. The zero-order valence-electron chi connectivity index (χ0n) is 39.0. The maximum absolute atomic E-state index is 13.6. The lowest BCUT2D eigenvalue weighted by molar-refractivity contribution is -0.346. The molecule has 0 aromatic carbocycles. The van der Waals surface area contributed by atoms with Gasteiger partial charge in [-0.05, 0) is 57.7 Å². The molecule has 0 aromatic heterocycles. The van der Waals surface area contributed by atoms with E-state index in [0.717, 1.165) is 64.2 Å². The molecule has 14 nitrogen and oxygen atoms in total. The molecule has 2 rings (SSSR count). The lowest BCUT2D eigenvalue weighted by atomic mass is 9.97. The summed E-state index contributed by atoms with van der Waals surface area (Å²) in [6, 6.07) is 0. The first-order valence-corrected chi connectivity index (χ1v) is 25.9. The van der Waals surface area contributed by atoms with Crippen LogP contribution in [0, 0.1) is 0 Å². The van der Waals surface area contributed by atoms with Crippen LogP contribution in [0.5, 0.6) is 0 Å². The molecule has 0 saturated carbocycles. The monoisotopic (exact) mass is 875 g/mol. The highest BCUT2D eigenvalue weighted by Gasteiger charge is 2.55. The van der Waals surface area contributed by atoms with Gasteiger partial charge in [-0.25, -0.2) is 0 Å². The standard InChI is InChI=1S/C45H82O14Si/c1-12-16-20-21-25-29-37(49)56-41-40(55-36(48)28-24-19-15-4)38(54-35(47)27-23-18-14-3)32(30-51-34(46)26-22-17-13-2)53-43(41)57-42(50)39-33(58-45(8,9)59-39)31-52-60(10,11)44(5,6)7/h32-33,38-43,50H,12-31H2,1-11H3/t32-,33-,38-,39+,40+,41+,42?,43+/m1/s1. The second-order valence-electron chi connectivity index (χ2n) is 18.4. The van der Waals surface area contributed by atoms with Crippen LogP contribution in [-0.2, 0) is 61.5 Å². The zero-order chi connectivity index (χ0) is 44.9. The van der Waals surface area contributed by atoms with E-state index in [-0.39, 0.29) is 37.3 Å². The first kappa shape index (κ1) is 54.0. The summed E-state index contributed by atoms with van der Waals surface area (Å²) in [7, 11) is -2.25. The summed E-state index contributed by atoms with van der Waals surface area (Å²) in [6.07, 6.45) is 0.910. The van der Waals surface area contributed by atoms with E-state index in [1.54, 1.807) is 13.8 Å². The highest BCUT2D eigenvalue weighted by Crippen LogP contribution is 2.39. The molecule has 0 spiro atoms. The molecule has 350 valence electrons. The first-order valence-electron chi connectivity index (χ1n) is 23.0. The third-order valence-corrected chi connectivity index (χ3v) is 15.9. The normalized spacial score (nSPS) is 24.8. The fraction of sp³-hybridized carbons (Fsp3) is 0.911. The maximum Gasteiger partial charge on any atom is 0.306 e. The van der Waals surface area contributed by atoms with Crippen molar-refractivity contribution in [3.05, 3.63) is 0 Å². The van der Waals surface area contributed by atoms with Crippen LogP contribution in [0.25, 0.3) is 0 Å². The molecule has 2 aliphatic rings. The van der Waals surface area contributed by atoms with Crippen molar-refractivity contribution in [1.29, 1.82) is 0 Å². The molecule has 2 heterocycles. The average Bonchev–Trinajstić information content (AvgIpc) is 3.49. The van der Waals surface area contributed by atoms with Gasteiger partial charge in [0.1, 0.15) is 24.9 Å². The highest BCUT2D eigenvalue weighted by molar-refractivity contribution is 6.74. The van der Waals surface area contributed by atoms with Gasteiger partial charge >= 0.3 is 23.9 Å². The number of hydrogen-bond acceptors (Lipinski definition) is 14. The van der Waals surface area contributed by atoms with E-state index >= 15 is 0 Å². The topological polar surface area (TPSA) is 172 Å². The third kappa shape index (κ3) is 19.1. The summed E-state index contributed by atoms with van der Waals surface area (Å²) >= 11 is 0. The number of rotatable bonds is 29. The van der Waals surface area contributed by atoms with Crippen molar-refractivity contribution in [2.75, 3.05) is 13.2 Å². The molecule has 0 bridgehead atoms. The van der Waals surface area contributed by atoms with Crippen LogP contribution in [0.3, 0.4) is 0 Å². The van der Waals surface area contributed by atoms with E-state index < -0.39 is 93.8 Å². The smallest absolute Gasteiger partial charge is 0.306 e. The zero-order valence-corrected chi connectivity index (χ0v) is 40.0. The third-order valence-electron chi connectivity index (χ3n) is 11.4. The Balaban J connectivity index is 2.60. The number of aliphatic hydroxyl groups is 1. The van der Waals surface area contributed by atoms with E-state index in [9.17, 15) is 24.3 Å². The number of unbranched alkanes of at least 4 members (excludes halogenated alkanes) is 10. The number of hydrogen-bond donors (Lipinski definition) is 1. The van der Waals surface area contributed by atoms with Crippen molar-refractivity contribution < 1.29 is 66.6 Å². The SMILES string of the molecule is CCCCCCCC(=O)O[C@@H]1[C@H](OC(O)[C@H]2OC(C)(C)O[C@@H]2CO[Si](C)(C)C(C)(C)C)O[C@H](COC(=O)CCCCC)[C@@H](OC(=O)CCCCC)[C@@H]1OC(=O)CCCCC. The fourth-order valence-corrected chi connectivity index (χ4v) is 7.80. The average molecular weight is 875 g/mol. The van der Waals surface area contributed by atoms with Crippen molar-refractivity contribution in [3.8, 4) is 0 Å². The van der Waals surface area contributed by atoms with Gasteiger partial charge in [-0.15, -0.1) is 0 Å². The van der Waals surface area contributed by atoms with Gasteiger partial charge in [-0.2, -0.15) is 0 Å². The Kier molecular flexibility index (Phi) is 24.4. The van der Waals surface area contributed by atoms with Crippen LogP contribution in [0.2, 0.25) is 18.1 Å². The van der Waals surface area contributed by atoms with Crippen molar-refractivity contribution in [1.82, 2.24) is 0 Å². The van der Waals surface area contributed by atoms with E-state index in [2.05, 4.69) is 40.8 Å². The number of esters is 4. The summed E-state index contributed by atoms with van der Waals surface area (Å²) < 4.78 is 55.5. The number of aliphatic hydroxyl groups excluding tert-OH is 1. The molecule has 0 aliphatic carbocycles. The van der Waals surface area contributed by atoms with Crippen LogP contribution >= 0.6 is 0 Å². The minimum absolute atomic E-state index is 0.0595. The van der Waals surface area contributed by atoms with Crippen molar-refractivity contribution in [2.24, 2.45) is 0 Å². The minimum Gasteiger partial charge on any atom is -0.463 e. The van der Waals surface area contributed by atoms with Crippen LogP contribution in [0.1, 0.15) is 178 Å². The predicted octanol–water partition coefficient (Wildman–Crippen LogP) is 8.97. The maximum atomic E-state index is 13.6. The van der Waals surface area contributed by atoms with Crippen molar-refractivity contribution in [2.45, 2.75) is 251 Å². The molecule has 0 aromatic rings. The molecule has 60 heavy (non-hydrogen) atoms. The highest BCUT2D eigenvalue weighted by atomic mass is 28.4. The fourth-order valence-electron chi connectivity index (χ4n) is 6.79. The number of ether oxygens (including phenoxy) is 8. The molecule has 2 aliphatic heterocycles. The lowest BCUT2D eigenvalue weighted by Crippen LogP contribution is -2.64. The van der Waals surface area contributed by atoms with E-state index in [4.69, 9.17) is 42.3 Å². The number of carbonyl (C=O) groups is 4. The summed E-state index contributed by atoms with van der Waals surface area (Å²) in [5.41, 5.74) is 0. The van der Waals surface area contributed by atoms with Gasteiger partial charge in [0.25, 0.3) is 0 Å². The van der Waals surface area contributed by atoms with Gasteiger partial charge in [0.05, 0.1) is 6.61 Å². The van der Waals surface area contributed by atoms with Gasteiger partial charge in [0.15, 0.2) is 38.7 Å². The van der Waals surface area contributed by atoms with Crippen molar-refractivity contribution >= 4 is 32.2 Å². The Bertz CT molecular complexity index is 1270.